The fourth-order valence-electron chi connectivity index (χ4n) is 2.53. The molecule has 0 bridgehead atoms. The highest BCUT2D eigenvalue weighted by atomic mass is 32.2. The monoisotopic (exact) mass is 358 g/mol. The van der Waals surface area contributed by atoms with Crippen molar-refractivity contribution in [3.8, 4) is 5.75 Å². The Bertz CT molecular complexity index is 689. The molecule has 6 heteroatoms. The molecule has 5 nitrogen and oxygen atoms in total. The van der Waals surface area contributed by atoms with Crippen LogP contribution in [0.4, 0.5) is 0 Å². The Morgan fingerprint density at radius 2 is 2.04 bits per heavy atom. The van der Waals surface area contributed by atoms with E-state index in [1.54, 1.807) is 0 Å². The largest absolute Gasteiger partial charge is 0.493 e. The number of nitrogens with zero attached hydrogens (tertiary/aromatic N) is 1. The first-order valence-corrected chi connectivity index (χ1v) is 9.48. The number of ether oxygens (including phenoxy) is 1. The molecule has 0 aliphatic carbocycles. The Labute approximate surface area is 152 Å². The number of thioether (sulfide) groups is 1. The van der Waals surface area contributed by atoms with Crippen molar-refractivity contribution in [3.05, 3.63) is 59.4 Å². The molecule has 132 valence electrons. The summed E-state index contributed by atoms with van der Waals surface area (Å²) in [5.41, 5.74) is 5.82. The highest BCUT2D eigenvalue weighted by molar-refractivity contribution is 8.00. The van der Waals surface area contributed by atoms with E-state index in [-0.39, 0.29) is 11.2 Å². The van der Waals surface area contributed by atoms with Crippen molar-refractivity contribution >= 4 is 17.7 Å². The third-order valence-electron chi connectivity index (χ3n) is 4.06. The molecule has 0 saturated carbocycles. The lowest BCUT2D eigenvalue weighted by Gasteiger charge is -2.21. The van der Waals surface area contributed by atoms with E-state index in [1.165, 1.54) is 17.3 Å². The number of pyridine rings is 1. The molecule has 2 heterocycles. The number of carbonyl (C=O) groups is 1. The summed E-state index contributed by atoms with van der Waals surface area (Å²) < 4.78 is 5.79. The van der Waals surface area contributed by atoms with Gasteiger partial charge in [0.2, 0.25) is 0 Å². The van der Waals surface area contributed by atoms with Crippen LogP contribution in [0, 0.1) is 0 Å². The summed E-state index contributed by atoms with van der Waals surface area (Å²) in [6, 6.07) is 12.1. The Morgan fingerprint density at radius 1 is 1.24 bits per heavy atom. The molecule has 1 aliphatic heterocycles. The van der Waals surface area contributed by atoms with Crippen LogP contribution in [0.5, 0.6) is 5.75 Å². The second kappa shape index (κ2) is 8.87. The quantitative estimate of drug-likeness (QED) is 0.825. The maximum absolute atomic E-state index is 11.7. The minimum Gasteiger partial charge on any atom is -0.493 e. The smallest absolute Gasteiger partial charge is 0.257 e. The standard InChI is InChI=1S/C19H22N2O3S/c1-2-14-3-6-16(20-12-14)9-10-23-17-7-4-15(5-8-17)11-18-19(22)21-24-13-25-18/h3-8,12,18H,2,9-11,13H2,1H3,(H,21,22)/t18-/m1/s1. The number of hydroxylamine groups is 1. The summed E-state index contributed by atoms with van der Waals surface area (Å²) >= 11 is 1.51. The zero-order valence-electron chi connectivity index (χ0n) is 14.2. The lowest BCUT2D eigenvalue weighted by atomic mass is 10.1. The van der Waals surface area contributed by atoms with Crippen LogP contribution < -0.4 is 10.2 Å². The Hall–Kier alpha value is -2.05. The van der Waals surface area contributed by atoms with Crippen LogP contribution in [-0.2, 0) is 28.9 Å². The molecular weight excluding hydrogens is 336 g/mol. The number of aromatic nitrogens is 1. The normalized spacial score (nSPS) is 17.2. The molecule has 1 amide bonds. The lowest BCUT2D eigenvalue weighted by Crippen LogP contribution is -2.38. The van der Waals surface area contributed by atoms with Gasteiger partial charge in [0.15, 0.2) is 0 Å². The van der Waals surface area contributed by atoms with Gasteiger partial charge in [-0.3, -0.25) is 14.6 Å². The predicted molar refractivity (Wildman–Crippen MR) is 98.4 cm³/mol. The van der Waals surface area contributed by atoms with Crippen LogP contribution in [0.1, 0.15) is 23.7 Å². The number of carbonyl (C=O) groups excluding carboxylic acids is 1. The SMILES string of the molecule is CCc1ccc(CCOc2ccc(C[C@H]3SCONC3=O)cc2)nc1. The number of amides is 1. The molecular formula is C19H22N2O3S. The Balaban J connectivity index is 1.46. The van der Waals surface area contributed by atoms with E-state index < -0.39 is 0 Å². The first-order chi connectivity index (χ1) is 12.2. The number of rotatable bonds is 7. The minimum absolute atomic E-state index is 0.0711. The van der Waals surface area contributed by atoms with E-state index in [9.17, 15) is 4.79 Å². The van der Waals surface area contributed by atoms with Gasteiger partial charge in [0.25, 0.3) is 5.91 Å². The van der Waals surface area contributed by atoms with E-state index in [4.69, 9.17) is 9.57 Å². The summed E-state index contributed by atoms with van der Waals surface area (Å²) in [7, 11) is 0. The van der Waals surface area contributed by atoms with Gasteiger partial charge in [0.1, 0.15) is 11.7 Å². The molecule has 1 aliphatic rings. The Morgan fingerprint density at radius 3 is 2.72 bits per heavy atom. The molecule has 2 aromatic rings. The predicted octanol–water partition coefficient (Wildman–Crippen LogP) is 2.93. The summed E-state index contributed by atoms with van der Waals surface area (Å²) in [5, 5.41) is -0.0994. The zero-order chi connectivity index (χ0) is 17.5. The maximum atomic E-state index is 11.7. The number of nitrogens with one attached hydrogen (secondary N) is 1. The van der Waals surface area contributed by atoms with Gasteiger partial charge in [0.05, 0.1) is 11.9 Å². The number of benzene rings is 1. The molecule has 1 atom stereocenters. The summed E-state index contributed by atoms with van der Waals surface area (Å²) in [5.74, 6) is 1.25. The molecule has 3 rings (SSSR count). The van der Waals surface area contributed by atoms with Gasteiger partial charge in [-0.1, -0.05) is 25.1 Å². The number of aryl methyl sites for hydroxylation is 1. The van der Waals surface area contributed by atoms with Crippen molar-refractivity contribution in [3.63, 3.8) is 0 Å². The average Bonchev–Trinajstić information content (AvgIpc) is 2.65. The van der Waals surface area contributed by atoms with Gasteiger partial charge < -0.3 is 4.74 Å². The van der Waals surface area contributed by atoms with Crippen molar-refractivity contribution < 1.29 is 14.4 Å². The van der Waals surface area contributed by atoms with Gasteiger partial charge >= 0.3 is 0 Å². The van der Waals surface area contributed by atoms with Gasteiger partial charge in [-0.2, -0.15) is 0 Å². The first-order valence-electron chi connectivity index (χ1n) is 8.43. The topological polar surface area (TPSA) is 60.5 Å². The van der Waals surface area contributed by atoms with E-state index in [1.807, 2.05) is 30.5 Å². The van der Waals surface area contributed by atoms with Crippen LogP contribution >= 0.6 is 11.8 Å². The first kappa shape index (κ1) is 17.8. The van der Waals surface area contributed by atoms with Crippen LogP contribution in [0.2, 0.25) is 0 Å². The van der Waals surface area contributed by atoms with Crippen molar-refractivity contribution in [1.29, 1.82) is 0 Å². The lowest BCUT2D eigenvalue weighted by molar-refractivity contribution is -0.132. The van der Waals surface area contributed by atoms with Crippen molar-refractivity contribution in [2.75, 3.05) is 12.5 Å². The maximum Gasteiger partial charge on any atom is 0.257 e. The molecule has 1 saturated heterocycles. The van der Waals surface area contributed by atoms with Gasteiger partial charge in [0, 0.05) is 18.3 Å². The molecule has 1 fully saturated rings. The van der Waals surface area contributed by atoms with Gasteiger partial charge in [-0.15, -0.1) is 11.8 Å². The van der Waals surface area contributed by atoms with Crippen LogP contribution in [0.25, 0.3) is 0 Å². The second-order valence-electron chi connectivity index (χ2n) is 5.84. The third-order valence-corrected chi connectivity index (χ3v) is 5.10. The van der Waals surface area contributed by atoms with Crippen LogP contribution in [-0.4, -0.2) is 28.7 Å². The molecule has 0 radical (unpaired) electrons. The fraction of sp³-hybridized carbons (Fsp3) is 0.368. The summed E-state index contributed by atoms with van der Waals surface area (Å²) in [4.78, 5) is 21.0. The summed E-state index contributed by atoms with van der Waals surface area (Å²) in [6.45, 7) is 2.71. The van der Waals surface area contributed by atoms with Crippen molar-refractivity contribution in [1.82, 2.24) is 10.5 Å². The molecule has 1 aromatic carbocycles. The van der Waals surface area contributed by atoms with Crippen molar-refractivity contribution in [2.24, 2.45) is 0 Å². The fourth-order valence-corrected chi connectivity index (χ4v) is 3.33. The zero-order valence-corrected chi connectivity index (χ0v) is 15.1. The highest BCUT2D eigenvalue weighted by Crippen LogP contribution is 2.21. The molecule has 1 N–H and O–H groups in total. The average molecular weight is 358 g/mol. The molecule has 0 spiro atoms. The number of hydrogen-bond donors (Lipinski definition) is 1. The van der Waals surface area contributed by atoms with E-state index in [2.05, 4.69) is 29.5 Å². The van der Waals surface area contributed by atoms with E-state index in [0.717, 1.165) is 29.8 Å². The van der Waals surface area contributed by atoms with Gasteiger partial charge in [-0.25, -0.2) is 5.48 Å². The second-order valence-corrected chi connectivity index (χ2v) is 6.98. The molecule has 0 unspecified atom stereocenters. The Kier molecular flexibility index (Phi) is 6.30. The number of hydrogen-bond acceptors (Lipinski definition) is 5. The highest BCUT2D eigenvalue weighted by Gasteiger charge is 2.23. The molecule has 25 heavy (non-hydrogen) atoms. The van der Waals surface area contributed by atoms with Crippen LogP contribution in [0.3, 0.4) is 0 Å². The van der Waals surface area contributed by atoms with E-state index >= 15 is 0 Å². The van der Waals surface area contributed by atoms with Crippen LogP contribution in [0.15, 0.2) is 42.6 Å². The third kappa shape index (κ3) is 5.21. The summed E-state index contributed by atoms with van der Waals surface area (Å²) in [6.07, 6.45) is 4.40. The van der Waals surface area contributed by atoms with E-state index in [0.29, 0.717) is 19.0 Å². The van der Waals surface area contributed by atoms with Gasteiger partial charge in [-0.05, 0) is 42.2 Å². The molecule has 1 aromatic heterocycles. The van der Waals surface area contributed by atoms with Crippen molar-refractivity contribution in [2.45, 2.75) is 31.4 Å². The minimum atomic E-state index is -0.0994.